The van der Waals surface area contributed by atoms with Crippen LogP contribution < -0.4 is 4.90 Å². The highest BCUT2D eigenvalue weighted by atomic mass is 16.3. The summed E-state index contributed by atoms with van der Waals surface area (Å²) in [5.74, 6) is 1.07. The molecule has 9 aromatic carbocycles. The zero-order chi connectivity index (χ0) is 44.4. The van der Waals surface area contributed by atoms with Crippen molar-refractivity contribution >= 4 is 43.9 Å². The highest BCUT2D eigenvalue weighted by molar-refractivity contribution is 6.18. The minimum Gasteiger partial charge on any atom is -0.460 e. The van der Waals surface area contributed by atoms with Gasteiger partial charge in [-0.2, -0.15) is 0 Å². The molecule has 316 valence electrons. The second-order valence-corrected chi connectivity index (χ2v) is 19.3. The first kappa shape index (κ1) is 38.8. The normalized spacial score (nSPS) is 21.8. The van der Waals surface area contributed by atoms with Crippen LogP contribution in [0.25, 0.3) is 65.9 Å². The van der Waals surface area contributed by atoms with Crippen molar-refractivity contribution in [3.05, 3.63) is 252 Å². The molecule has 1 aromatic heterocycles. The highest BCUT2D eigenvalue weighted by Crippen LogP contribution is 2.69. The molecule has 0 radical (unpaired) electrons. The van der Waals surface area contributed by atoms with Gasteiger partial charge in [-0.25, -0.2) is 0 Å². The van der Waals surface area contributed by atoms with Crippen molar-refractivity contribution in [1.82, 2.24) is 0 Å². The molecular weight excluding hydrogens is 799 g/mol. The maximum atomic E-state index is 7.19. The number of anilines is 2. The Morgan fingerprint density at radius 1 is 0.424 bits per heavy atom. The van der Waals surface area contributed by atoms with Crippen molar-refractivity contribution in [3.8, 4) is 33.4 Å². The molecule has 0 spiro atoms. The van der Waals surface area contributed by atoms with Gasteiger partial charge in [0.25, 0.3) is 0 Å². The topological polar surface area (TPSA) is 16.4 Å². The SMILES string of the molecule is CC1C2=C3C(C)(C=CC2(C)c2ccccc2)c2c(c4ccccc4c4ccccc24)N(c2ccc(-c4cc(-c5ccccc5)cc(-c5ccccc5)c4)cc2)C3(C)c2c1oc1ccccc21. The predicted octanol–water partition coefficient (Wildman–Crippen LogP) is 17.0. The third-order valence-electron chi connectivity index (χ3n) is 15.6. The Morgan fingerprint density at radius 2 is 0.894 bits per heavy atom. The molecule has 0 amide bonds. The highest BCUT2D eigenvalue weighted by Gasteiger charge is 2.62. The molecule has 10 aromatic rings. The van der Waals surface area contributed by atoms with Crippen molar-refractivity contribution in [2.45, 2.75) is 50.0 Å². The second kappa shape index (κ2) is 14.2. The molecule has 2 heteroatoms. The third-order valence-corrected chi connectivity index (χ3v) is 15.6. The summed E-state index contributed by atoms with van der Waals surface area (Å²) in [4.78, 5) is 2.73. The number of nitrogens with zero attached hydrogens (tertiary/aromatic N) is 1. The zero-order valence-corrected chi connectivity index (χ0v) is 37.7. The predicted molar refractivity (Wildman–Crippen MR) is 276 cm³/mol. The molecular formula is C64H49NO. The number of hydrogen-bond acceptors (Lipinski definition) is 2. The Kier molecular flexibility index (Phi) is 8.31. The monoisotopic (exact) mass is 847 g/mol. The van der Waals surface area contributed by atoms with Crippen LogP contribution in [0.5, 0.6) is 0 Å². The van der Waals surface area contributed by atoms with Crippen molar-refractivity contribution in [3.63, 3.8) is 0 Å². The molecule has 0 N–H and O–H groups in total. The van der Waals surface area contributed by atoms with Gasteiger partial charge >= 0.3 is 0 Å². The van der Waals surface area contributed by atoms with E-state index in [-0.39, 0.29) is 5.92 Å². The van der Waals surface area contributed by atoms with Crippen LogP contribution in [-0.4, -0.2) is 0 Å². The Bertz CT molecular complexity index is 3580. The van der Waals surface area contributed by atoms with Gasteiger partial charge in [-0.05, 0) is 129 Å². The molecule has 2 nitrogen and oxygen atoms in total. The van der Waals surface area contributed by atoms with Gasteiger partial charge < -0.3 is 9.32 Å². The van der Waals surface area contributed by atoms with Gasteiger partial charge in [0.2, 0.25) is 0 Å². The molecule has 4 atom stereocenters. The molecule has 0 saturated carbocycles. The molecule has 1 aliphatic heterocycles. The van der Waals surface area contributed by atoms with Crippen LogP contribution in [0.1, 0.15) is 56.1 Å². The summed E-state index contributed by atoms with van der Waals surface area (Å²) in [7, 11) is 0. The number of fused-ring (bicyclic) bond motifs is 11. The summed E-state index contributed by atoms with van der Waals surface area (Å²) in [6, 6.07) is 76.0. The van der Waals surface area contributed by atoms with E-state index in [4.69, 9.17) is 4.42 Å². The summed E-state index contributed by atoms with van der Waals surface area (Å²) in [5, 5.41) is 6.26. The Morgan fingerprint density at radius 3 is 1.50 bits per heavy atom. The first-order chi connectivity index (χ1) is 32.3. The number of allylic oxidation sites excluding steroid dienone is 3. The largest absolute Gasteiger partial charge is 0.460 e. The van der Waals surface area contributed by atoms with Crippen LogP contribution in [0.2, 0.25) is 0 Å². The van der Waals surface area contributed by atoms with Crippen molar-refractivity contribution in [1.29, 1.82) is 0 Å². The molecule has 0 saturated heterocycles. The summed E-state index contributed by atoms with van der Waals surface area (Å²) < 4.78 is 7.19. The van der Waals surface area contributed by atoms with Crippen molar-refractivity contribution in [2.75, 3.05) is 4.90 Å². The molecule has 0 bridgehead atoms. The molecule has 13 rings (SSSR count). The van der Waals surface area contributed by atoms with Crippen LogP contribution in [-0.2, 0) is 16.4 Å². The fraction of sp³-hybridized carbons (Fsp3) is 0.125. The molecule has 0 fully saturated rings. The molecule has 2 aliphatic carbocycles. The lowest BCUT2D eigenvalue weighted by molar-refractivity contribution is 0.377. The quantitative estimate of drug-likeness (QED) is 0.127. The van der Waals surface area contributed by atoms with Gasteiger partial charge in [-0.15, -0.1) is 0 Å². The minimum absolute atomic E-state index is 0.0122. The number of furan rings is 1. The lowest BCUT2D eigenvalue weighted by Crippen LogP contribution is -2.57. The summed E-state index contributed by atoms with van der Waals surface area (Å²) in [6.07, 6.45) is 5.10. The second-order valence-electron chi connectivity index (χ2n) is 19.3. The van der Waals surface area contributed by atoms with Crippen molar-refractivity contribution < 1.29 is 4.42 Å². The minimum atomic E-state index is -0.674. The lowest BCUT2D eigenvalue weighted by Gasteiger charge is -2.61. The van der Waals surface area contributed by atoms with Gasteiger partial charge in [0.05, 0.1) is 11.2 Å². The van der Waals surface area contributed by atoms with E-state index in [1.54, 1.807) is 0 Å². The average molecular weight is 848 g/mol. The third kappa shape index (κ3) is 5.30. The van der Waals surface area contributed by atoms with Gasteiger partial charge in [0.1, 0.15) is 11.3 Å². The lowest BCUT2D eigenvalue weighted by atomic mass is 9.49. The van der Waals surface area contributed by atoms with E-state index in [9.17, 15) is 0 Å². The fourth-order valence-corrected chi connectivity index (χ4v) is 12.8. The summed E-state index contributed by atoms with van der Waals surface area (Å²) >= 11 is 0. The number of hydrogen-bond donors (Lipinski definition) is 0. The Hall–Kier alpha value is -7.68. The van der Waals surface area contributed by atoms with Gasteiger partial charge in [0.15, 0.2) is 0 Å². The van der Waals surface area contributed by atoms with Gasteiger partial charge in [-0.1, -0.05) is 189 Å². The van der Waals surface area contributed by atoms with E-state index in [0.717, 1.165) is 17.0 Å². The molecule has 2 heterocycles. The van der Waals surface area contributed by atoms with Crippen LogP contribution >= 0.6 is 0 Å². The number of para-hydroxylation sites is 1. The maximum Gasteiger partial charge on any atom is 0.134 e. The number of rotatable bonds is 5. The van der Waals surface area contributed by atoms with Gasteiger partial charge in [0, 0.05) is 38.8 Å². The standard InChI is InChI=1S/C64H49NO/c1-41-56-61-63(3,37-36-62(56,2)48-24-12-7-13-25-48)57-52-28-16-14-26-50(52)51-27-15-17-29-53(51)59(57)65(64(61,4)58-54-30-18-19-31-55(54)66-60(41)58)49-34-32-44(33-35-49)47-39-45(42-20-8-5-9-21-42)38-46(40-47)43-22-10-6-11-23-43/h5-41H,1-4H3. The fourth-order valence-electron chi connectivity index (χ4n) is 12.8. The van der Waals surface area contributed by atoms with E-state index in [1.165, 1.54) is 93.8 Å². The van der Waals surface area contributed by atoms with Crippen LogP contribution in [0.3, 0.4) is 0 Å². The first-order valence-electron chi connectivity index (χ1n) is 23.4. The van der Waals surface area contributed by atoms with Crippen LogP contribution in [0.15, 0.2) is 234 Å². The first-order valence-corrected chi connectivity index (χ1v) is 23.4. The Balaban J connectivity index is 1.13. The van der Waals surface area contributed by atoms with Crippen molar-refractivity contribution in [2.24, 2.45) is 0 Å². The zero-order valence-electron chi connectivity index (χ0n) is 37.7. The van der Waals surface area contributed by atoms with Crippen LogP contribution in [0.4, 0.5) is 11.4 Å². The molecule has 66 heavy (non-hydrogen) atoms. The van der Waals surface area contributed by atoms with E-state index in [2.05, 4.69) is 251 Å². The maximum absolute atomic E-state index is 7.19. The van der Waals surface area contributed by atoms with E-state index in [1.807, 2.05) is 0 Å². The smallest absolute Gasteiger partial charge is 0.134 e. The number of benzene rings is 9. The summed E-state index contributed by atoms with van der Waals surface area (Å²) in [6.45, 7) is 9.84. The average Bonchev–Trinajstić information content (AvgIpc) is 3.79. The van der Waals surface area contributed by atoms with E-state index in [0.29, 0.717) is 0 Å². The van der Waals surface area contributed by atoms with E-state index >= 15 is 0 Å². The van der Waals surface area contributed by atoms with Crippen LogP contribution in [0, 0.1) is 0 Å². The van der Waals surface area contributed by atoms with E-state index < -0.39 is 16.4 Å². The van der Waals surface area contributed by atoms with Gasteiger partial charge in [-0.3, -0.25) is 0 Å². The molecule has 3 aliphatic rings. The molecule has 4 unspecified atom stereocenters. The Labute approximate surface area is 386 Å². The summed E-state index contributed by atoms with van der Waals surface area (Å²) in [5.41, 5.74) is 15.7.